The van der Waals surface area contributed by atoms with Gasteiger partial charge in [0.2, 0.25) is 0 Å². The molecular weight excluding hydrogens is 258 g/mol. The number of likely N-dealkylation sites (N-methyl/N-ethyl adjacent to an activating group) is 1. The van der Waals surface area contributed by atoms with Crippen molar-refractivity contribution in [1.82, 2.24) is 9.88 Å². The molecule has 0 radical (unpaired) electrons. The zero-order valence-electron chi connectivity index (χ0n) is 14.1. The summed E-state index contributed by atoms with van der Waals surface area (Å²) in [4.78, 5) is 7.09. The lowest BCUT2D eigenvalue weighted by molar-refractivity contribution is 0.186. The van der Waals surface area contributed by atoms with Gasteiger partial charge in [-0.05, 0) is 32.0 Å². The SMILES string of the molecule is CCCCCCCC(CN)N(CC)Cc1cccc(C)n1. The van der Waals surface area contributed by atoms with Gasteiger partial charge in [-0.1, -0.05) is 52.0 Å². The number of nitrogens with two attached hydrogens (primary N) is 1. The van der Waals surface area contributed by atoms with Crippen molar-refractivity contribution in [2.24, 2.45) is 5.73 Å². The Morgan fingerprint density at radius 3 is 2.52 bits per heavy atom. The molecule has 0 aliphatic rings. The van der Waals surface area contributed by atoms with Gasteiger partial charge in [0, 0.05) is 24.8 Å². The highest BCUT2D eigenvalue weighted by molar-refractivity contribution is 5.09. The Labute approximate surface area is 130 Å². The van der Waals surface area contributed by atoms with E-state index in [1.807, 2.05) is 13.0 Å². The Balaban J connectivity index is 2.47. The molecular formula is C18H33N3. The van der Waals surface area contributed by atoms with Crippen LogP contribution in [0, 0.1) is 6.92 Å². The van der Waals surface area contributed by atoms with Gasteiger partial charge in [0.05, 0.1) is 5.69 Å². The zero-order valence-corrected chi connectivity index (χ0v) is 14.1. The third kappa shape index (κ3) is 7.05. The van der Waals surface area contributed by atoms with E-state index in [2.05, 4.69) is 35.9 Å². The van der Waals surface area contributed by atoms with E-state index in [9.17, 15) is 0 Å². The van der Waals surface area contributed by atoms with Crippen LogP contribution in [0.3, 0.4) is 0 Å². The summed E-state index contributed by atoms with van der Waals surface area (Å²) in [5.74, 6) is 0. The molecule has 21 heavy (non-hydrogen) atoms. The van der Waals surface area contributed by atoms with E-state index in [-0.39, 0.29) is 0 Å². The molecule has 1 aromatic heterocycles. The van der Waals surface area contributed by atoms with E-state index in [0.29, 0.717) is 6.04 Å². The molecule has 0 aromatic carbocycles. The van der Waals surface area contributed by atoms with Gasteiger partial charge in [-0.2, -0.15) is 0 Å². The van der Waals surface area contributed by atoms with Crippen molar-refractivity contribution in [2.45, 2.75) is 71.9 Å². The van der Waals surface area contributed by atoms with Crippen LogP contribution in [0.1, 0.15) is 63.8 Å². The number of hydrogen-bond acceptors (Lipinski definition) is 3. The first-order valence-corrected chi connectivity index (χ1v) is 8.57. The van der Waals surface area contributed by atoms with Gasteiger partial charge in [0.25, 0.3) is 0 Å². The molecule has 1 heterocycles. The largest absolute Gasteiger partial charge is 0.329 e. The molecule has 120 valence electrons. The van der Waals surface area contributed by atoms with Crippen LogP contribution in [-0.2, 0) is 6.54 Å². The third-order valence-electron chi connectivity index (χ3n) is 4.15. The normalized spacial score (nSPS) is 12.8. The van der Waals surface area contributed by atoms with Crippen LogP contribution in [0.2, 0.25) is 0 Å². The number of unbranched alkanes of at least 4 members (excludes halogenated alkanes) is 4. The van der Waals surface area contributed by atoms with Gasteiger partial charge in [0.15, 0.2) is 0 Å². The second-order valence-corrected chi connectivity index (χ2v) is 5.93. The van der Waals surface area contributed by atoms with Crippen molar-refractivity contribution in [1.29, 1.82) is 0 Å². The molecule has 2 N–H and O–H groups in total. The topological polar surface area (TPSA) is 42.1 Å². The summed E-state index contributed by atoms with van der Waals surface area (Å²) in [6.45, 7) is 9.22. The van der Waals surface area contributed by atoms with Crippen LogP contribution in [0.15, 0.2) is 18.2 Å². The summed E-state index contributed by atoms with van der Waals surface area (Å²) in [5, 5.41) is 0. The van der Waals surface area contributed by atoms with Crippen molar-refractivity contribution in [2.75, 3.05) is 13.1 Å². The smallest absolute Gasteiger partial charge is 0.0547 e. The molecule has 3 heteroatoms. The Hall–Kier alpha value is -0.930. The van der Waals surface area contributed by atoms with Gasteiger partial charge in [-0.25, -0.2) is 0 Å². The second-order valence-electron chi connectivity index (χ2n) is 5.93. The van der Waals surface area contributed by atoms with Crippen LogP contribution in [-0.4, -0.2) is 29.0 Å². The van der Waals surface area contributed by atoms with E-state index in [1.54, 1.807) is 0 Å². The molecule has 0 aliphatic heterocycles. The van der Waals surface area contributed by atoms with Crippen LogP contribution < -0.4 is 5.73 Å². The van der Waals surface area contributed by atoms with Gasteiger partial charge in [-0.15, -0.1) is 0 Å². The van der Waals surface area contributed by atoms with Crippen LogP contribution in [0.4, 0.5) is 0 Å². The lowest BCUT2D eigenvalue weighted by Crippen LogP contribution is -2.40. The standard InChI is InChI=1S/C18H33N3/c1-4-6-7-8-9-13-18(14-19)21(5-2)15-17-12-10-11-16(3)20-17/h10-12,18H,4-9,13-15,19H2,1-3H3. The van der Waals surface area contributed by atoms with E-state index >= 15 is 0 Å². The maximum Gasteiger partial charge on any atom is 0.0547 e. The molecule has 0 amide bonds. The fourth-order valence-corrected chi connectivity index (χ4v) is 2.83. The first-order chi connectivity index (χ1) is 10.2. The first kappa shape index (κ1) is 18.1. The van der Waals surface area contributed by atoms with Crippen molar-refractivity contribution in [3.8, 4) is 0 Å². The van der Waals surface area contributed by atoms with Gasteiger partial charge in [0.1, 0.15) is 0 Å². The molecule has 0 aliphatic carbocycles. The summed E-state index contributed by atoms with van der Waals surface area (Å²) in [6.07, 6.45) is 7.86. The number of pyridine rings is 1. The molecule has 0 saturated heterocycles. The number of nitrogens with zero attached hydrogens (tertiary/aromatic N) is 2. The molecule has 1 atom stereocenters. The number of rotatable bonds is 11. The lowest BCUT2D eigenvalue weighted by atomic mass is 10.0. The predicted molar refractivity (Wildman–Crippen MR) is 91.3 cm³/mol. The quantitative estimate of drug-likeness (QED) is 0.629. The van der Waals surface area contributed by atoms with Gasteiger partial charge in [-0.3, -0.25) is 9.88 Å². The molecule has 0 saturated carbocycles. The number of aromatic nitrogens is 1. The monoisotopic (exact) mass is 291 g/mol. The minimum atomic E-state index is 0.485. The molecule has 0 spiro atoms. The lowest BCUT2D eigenvalue weighted by Gasteiger charge is -2.29. The van der Waals surface area contributed by atoms with Crippen LogP contribution >= 0.6 is 0 Å². The summed E-state index contributed by atoms with van der Waals surface area (Å²) in [5.41, 5.74) is 8.26. The highest BCUT2D eigenvalue weighted by Gasteiger charge is 2.16. The van der Waals surface area contributed by atoms with E-state index in [0.717, 1.165) is 31.0 Å². The second kappa shape index (κ2) is 10.7. The van der Waals surface area contributed by atoms with Crippen LogP contribution in [0.25, 0.3) is 0 Å². The molecule has 1 rings (SSSR count). The average Bonchev–Trinajstić information content (AvgIpc) is 2.49. The molecule has 0 fully saturated rings. The predicted octanol–water partition coefficient (Wildman–Crippen LogP) is 3.90. The van der Waals surface area contributed by atoms with Crippen LogP contribution in [0.5, 0.6) is 0 Å². The van der Waals surface area contributed by atoms with E-state index in [4.69, 9.17) is 5.73 Å². The summed E-state index contributed by atoms with van der Waals surface area (Å²) in [6, 6.07) is 6.74. The molecule has 0 bridgehead atoms. The summed E-state index contributed by atoms with van der Waals surface area (Å²) >= 11 is 0. The zero-order chi connectivity index (χ0) is 15.5. The maximum absolute atomic E-state index is 6.01. The maximum atomic E-state index is 6.01. The van der Waals surface area contributed by atoms with E-state index in [1.165, 1.54) is 38.5 Å². The Morgan fingerprint density at radius 1 is 1.14 bits per heavy atom. The average molecular weight is 291 g/mol. The minimum absolute atomic E-state index is 0.485. The van der Waals surface area contributed by atoms with Gasteiger partial charge >= 0.3 is 0 Å². The highest BCUT2D eigenvalue weighted by atomic mass is 15.2. The fraction of sp³-hybridized carbons (Fsp3) is 0.722. The summed E-state index contributed by atoms with van der Waals surface area (Å²) in [7, 11) is 0. The molecule has 1 unspecified atom stereocenters. The van der Waals surface area contributed by atoms with Crippen molar-refractivity contribution >= 4 is 0 Å². The summed E-state index contributed by atoms with van der Waals surface area (Å²) < 4.78 is 0. The Bertz CT molecular complexity index is 378. The number of hydrogen-bond donors (Lipinski definition) is 1. The first-order valence-electron chi connectivity index (χ1n) is 8.57. The van der Waals surface area contributed by atoms with Crippen molar-refractivity contribution < 1.29 is 0 Å². The number of aryl methyl sites for hydroxylation is 1. The molecule has 1 aromatic rings. The minimum Gasteiger partial charge on any atom is -0.329 e. The van der Waals surface area contributed by atoms with Crippen molar-refractivity contribution in [3.63, 3.8) is 0 Å². The third-order valence-corrected chi connectivity index (χ3v) is 4.15. The molecule has 3 nitrogen and oxygen atoms in total. The fourth-order valence-electron chi connectivity index (χ4n) is 2.83. The van der Waals surface area contributed by atoms with Crippen molar-refractivity contribution in [3.05, 3.63) is 29.6 Å². The Morgan fingerprint density at radius 2 is 1.90 bits per heavy atom. The van der Waals surface area contributed by atoms with E-state index < -0.39 is 0 Å². The van der Waals surface area contributed by atoms with Gasteiger partial charge < -0.3 is 5.73 Å². The Kier molecular flexibility index (Phi) is 9.27. The highest BCUT2D eigenvalue weighted by Crippen LogP contribution is 2.14.